The van der Waals surface area contributed by atoms with Crippen molar-refractivity contribution in [3.8, 4) is 0 Å². The predicted molar refractivity (Wildman–Crippen MR) is 146 cm³/mol. The molecular weight excluding hydrogens is 432 g/mol. The van der Waals surface area contributed by atoms with Crippen LogP contribution in [0.3, 0.4) is 0 Å². The fourth-order valence-corrected chi connectivity index (χ4v) is 9.74. The molecule has 11 atom stereocenters. The van der Waals surface area contributed by atoms with Crippen LogP contribution in [0.25, 0.3) is 0 Å². The van der Waals surface area contributed by atoms with Crippen LogP contribution < -0.4 is 0 Å². The monoisotopic (exact) mass is 490 g/mol. The van der Waals surface area contributed by atoms with Gasteiger partial charge < -0.3 is 14.2 Å². The molecule has 3 heteroatoms. The van der Waals surface area contributed by atoms with Crippen molar-refractivity contribution in [2.45, 2.75) is 137 Å². The Morgan fingerprint density at radius 1 is 0.771 bits per heavy atom. The number of fused-ring (bicyclic) bond motifs is 5. The molecule has 0 radical (unpaired) electrons. The van der Waals surface area contributed by atoms with Gasteiger partial charge in [-0.1, -0.05) is 54.9 Å². The molecule has 0 aliphatic heterocycles. The normalized spacial score (nSPS) is 46.0. The van der Waals surface area contributed by atoms with Crippen molar-refractivity contribution in [3.05, 3.63) is 0 Å². The van der Waals surface area contributed by atoms with Gasteiger partial charge in [0.05, 0.1) is 18.3 Å². The zero-order chi connectivity index (χ0) is 25.2. The first-order valence-corrected chi connectivity index (χ1v) is 15.7. The van der Waals surface area contributed by atoms with Crippen LogP contribution in [0, 0.1) is 46.3 Å². The lowest BCUT2D eigenvalue weighted by atomic mass is 9.43. The van der Waals surface area contributed by atoms with Gasteiger partial charge in [0.15, 0.2) is 0 Å². The van der Waals surface area contributed by atoms with Gasteiger partial charge in [-0.05, 0) is 105 Å². The van der Waals surface area contributed by atoms with Gasteiger partial charge in [0.25, 0.3) is 0 Å². The van der Waals surface area contributed by atoms with Gasteiger partial charge in [-0.15, -0.1) is 0 Å². The third kappa shape index (κ3) is 5.01. The molecule has 4 fully saturated rings. The summed E-state index contributed by atoms with van der Waals surface area (Å²) in [6, 6.07) is 0. The summed E-state index contributed by atoms with van der Waals surface area (Å²) < 4.78 is 20.0. The molecule has 0 aromatic carbocycles. The number of ether oxygens (including phenoxy) is 3. The molecule has 4 aliphatic carbocycles. The topological polar surface area (TPSA) is 27.7 Å². The molecule has 35 heavy (non-hydrogen) atoms. The second-order valence-electron chi connectivity index (χ2n) is 13.4. The standard InChI is InChI=1S/C32H58O3/c1-8-16-33-24-14-15-31(6)23(19-24)20-28(34-17-9-2)30-26-13-12-25(22(5)11-4)32(26,7)29(21-27(30)31)35-18-10-3/h22-30H,8-21H2,1-7H3. The molecule has 0 amide bonds. The van der Waals surface area contributed by atoms with Crippen molar-refractivity contribution in [1.29, 1.82) is 0 Å². The Hall–Kier alpha value is -0.120. The van der Waals surface area contributed by atoms with Crippen molar-refractivity contribution in [3.63, 3.8) is 0 Å². The van der Waals surface area contributed by atoms with Crippen LogP contribution in [-0.2, 0) is 14.2 Å². The van der Waals surface area contributed by atoms with Crippen LogP contribution in [-0.4, -0.2) is 38.1 Å². The summed E-state index contributed by atoms with van der Waals surface area (Å²) in [5, 5.41) is 0. The summed E-state index contributed by atoms with van der Waals surface area (Å²) in [4.78, 5) is 0. The molecule has 3 nitrogen and oxygen atoms in total. The summed E-state index contributed by atoms with van der Waals surface area (Å²) >= 11 is 0. The first kappa shape index (κ1) is 27.9. The third-order valence-corrected chi connectivity index (χ3v) is 11.7. The quantitative estimate of drug-likeness (QED) is 0.291. The van der Waals surface area contributed by atoms with E-state index in [1.165, 1.54) is 51.4 Å². The van der Waals surface area contributed by atoms with Gasteiger partial charge in [-0.3, -0.25) is 0 Å². The minimum atomic E-state index is 0.296. The summed E-state index contributed by atoms with van der Waals surface area (Å²) in [7, 11) is 0. The Morgan fingerprint density at radius 2 is 1.46 bits per heavy atom. The lowest BCUT2D eigenvalue weighted by Crippen LogP contribution is -2.63. The molecule has 4 aliphatic rings. The van der Waals surface area contributed by atoms with E-state index in [1.54, 1.807) is 0 Å². The van der Waals surface area contributed by atoms with E-state index in [2.05, 4.69) is 48.5 Å². The van der Waals surface area contributed by atoms with E-state index in [0.717, 1.165) is 68.7 Å². The van der Waals surface area contributed by atoms with E-state index in [-0.39, 0.29) is 0 Å². The molecule has 0 N–H and O–H groups in total. The zero-order valence-electron chi connectivity index (χ0n) is 24.3. The molecule has 0 aromatic heterocycles. The largest absolute Gasteiger partial charge is 0.378 e. The van der Waals surface area contributed by atoms with Crippen LogP contribution in [0.2, 0.25) is 0 Å². The number of hydrogen-bond acceptors (Lipinski definition) is 3. The Balaban J connectivity index is 1.68. The van der Waals surface area contributed by atoms with E-state index in [4.69, 9.17) is 14.2 Å². The smallest absolute Gasteiger partial charge is 0.0637 e. The van der Waals surface area contributed by atoms with E-state index in [1.807, 2.05) is 0 Å². The highest BCUT2D eigenvalue weighted by atomic mass is 16.5. The first-order chi connectivity index (χ1) is 16.8. The van der Waals surface area contributed by atoms with Crippen molar-refractivity contribution in [2.24, 2.45) is 46.3 Å². The average Bonchev–Trinajstić information content (AvgIpc) is 3.22. The Bertz CT molecular complexity index is 665. The minimum Gasteiger partial charge on any atom is -0.378 e. The van der Waals surface area contributed by atoms with Gasteiger partial charge >= 0.3 is 0 Å². The van der Waals surface area contributed by atoms with Crippen LogP contribution in [0.4, 0.5) is 0 Å². The Kier molecular flexibility index (Phi) is 9.35. The summed E-state index contributed by atoms with van der Waals surface area (Å²) in [6.07, 6.45) is 15.0. The van der Waals surface area contributed by atoms with Gasteiger partial charge in [-0.2, -0.15) is 0 Å². The maximum absolute atomic E-state index is 6.87. The van der Waals surface area contributed by atoms with Crippen LogP contribution >= 0.6 is 0 Å². The van der Waals surface area contributed by atoms with E-state index < -0.39 is 0 Å². The predicted octanol–water partition coefficient (Wildman–Crippen LogP) is 8.30. The highest BCUT2D eigenvalue weighted by Crippen LogP contribution is 2.69. The van der Waals surface area contributed by atoms with Crippen molar-refractivity contribution < 1.29 is 14.2 Å². The SMILES string of the molecule is CCCOC1CCC2(C)C(C1)CC(OCCC)C1C2CC(OCCC)C2(C)C(C(C)CC)CCC12. The number of hydrogen-bond donors (Lipinski definition) is 0. The number of rotatable bonds is 11. The summed E-state index contributed by atoms with van der Waals surface area (Å²) in [6.45, 7) is 19.8. The molecule has 11 unspecified atom stereocenters. The lowest BCUT2D eigenvalue weighted by Gasteiger charge is -2.64. The summed E-state index contributed by atoms with van der Waals surface area (Å²) in [5.41, 5.74) is 0.705. The Morgan fingerprint density at radius 3 is 2.14 bits per heavy atom. The first-order valence-electron chi connectivity index (χ1n) is 15.7. The second kappa shape index (κ2) is 11.7. The van der Waals surface area contributed by atoms with Crippen LogP contribution in [0.1, 0.15) is 119 Å². The average molecular weight is 491 g/mol. The van der Waals surface area contributed by atoms with Crippen molar-refractivity contribution in [1.82, 2.24) is 0 Å². The van der Waals surface area contributed by atoms with Gasteiger partial charge in [0, 0.05) is 25.2 Å². The fraction of sp³-hybridized carbons (Fsp3) is 1.00. The molecular formula is C32H58O3. The highest BCUT2D eigenvalue weighted by Gasteiger charge is 2.66. The highest BCUT2D eigenvalue weighted by molar-refractivity contribution is 5.15. The van der Waals surface area contributed by atoms with Crippen LogP contribution in [0.15, 0.2) is 0 Å². The molecule has 0 bridgehead atoms. The maximum atomic E-state index is 6.87. The van der Waals surface area contributed by atoms with Crippen molar-refractivity contribution >= 4 is 0 Å². The minimum absolute atomic E-state index is 0.296. The molecule has 0 aromatic rings. The fourth-order valence-electron chi connectivity index (χ4n) is 9.74. The lowest BCUT2D eigenvalue weighted by molar-refractivity contribution is -0.227. The molecule has 4 saturated carbocycles. The van der Waals surface area contributed by atoms with Gasteiger partial charge in [-0.25, -0.2) is 0 Å². The molecule has 0 spiro atoms. The van der Waals surface area contributed by atoms with Gasteiger partial charge in [0.2, 0.25) is 0 Å². The molecule has 0 saturated heterocycles. The van der Waals surface area contributed by atoms with Crippen molar-refractivity contribution in [2.75, 3.05) is 19.8 Å². The maximum Gasteiger partial charge on any atom is 0.0637 e. The van der Waals surface area contributed by atoms with E-state index >= 15 is 0 Å². The molecule has 4 rings (SSSR count). The van der Waals surface area contributed by atoms with Gasteiger partial charge in [0.1, 0.15) is 0 Å². The second-order valence-corrected chi connectivity index (χ2v) is 13.4. The van der Waals surface area contributed by atoms with Crippen LogP contribution in [0.5, 0.6) is 0 Å². The van der Waals surface area contributed by atoms with E-state index in [0.29, 0.717) is 35.1 Å². The zero-order valence-corrected chi connectivity index (χ0v) is 24.3. The molecule has 0 heterocycles. The van der Waals surface area contributed by atoms with E-state index in [9.17, 15) is 0 Å². The molecule has 204 valence electrons. The summed E-state index contributed by atoms with van der Waals surface area (Å²) in [5.74, 6) is 4.47. The third-order valence-electron chi connectivity index (χ3n) is 11.7. The Labute approximate surface area is 217 Å².